The van der Waals surface area contributed by atoms with E-state index in [1.807, 2.05) is 0 Å². The Labute approximate surface area is 149 Å². The summed E-state index contributed by atoms with van der Waals surface area (Å²) in [5.74, 6) is -1.22. The molecule has 0 aliphatic rings. The lowest BCUT2D eigenvalue weighted by molar-refractivity contribution is -0.125. The summed E-state index contributed by atoms with van der Waals surface area (Å²) in [6.45, 7) is 1.63. The van der Waals surface area contributed by atoms with E-state index in [4.69, 9.17) is 9.15 Å². The molecule has 0 saturated carbocycles. The third-order valence-corrected chi connectivity index (χ3v) is 3.76. The minimum atomic E-state index is -1.16. The van der Waals surface area contributed by atoms with Crippen molar-refractivity contribution in [2.45, 2.75) is 13.0 Å². The number of amides is 1. The van der Waals surface area contributed by atoms with Gasteiger partial charge < -0.3 is 14.5 Å². The normalized spacial score (nSPS) is 11.6. The minimum absolute atomic E-state index is 0.250. The Morgan fingerprint density at radius 3 is 2.35 bits per heavy atom. The molecule has 132 valence electrons. The van der Waals surface area contributed by atoms with Crippen LogP contribution in [0.25, 0.3) is 0 Å². The third kappa shape index (κ3) is 3.97. The van der Waals surface area contributed by atoms with E-state index in [0.717, 1.165) is 0 Å². The molecule has 2 aromatic carbocycles. The number of halogens is 1. The maximum Gasteiger partial charge on any atom is 0.342 e. The largest absolute Gasteiger partial charge is 0.469 e. The number of anilines is 1. The van der Waals surface area contributed by atoms with Crippen LogP contribution < -0.4 is 5.32 Å². The SMILES string of the molecule is Cc1occc1C(=O)O[C@@H](C(=O)Nc1ccc(F)cc1)c1ccccc1. The van der Waals surface area contributed by atoms with Crippen LogP contribution in [0.1, 0.15) is 27.8 Å². The molecule has 0 aliphatic heterocycles. The molecular weight excluding hydrogens is 337 g/mol. The fraction of sp³-hybridized carbons (Fsp3) is 0.100. The number of rotatable bonds is 5. The van der Waals surface area contributed by atoms with E-state index in [9.17, 15) is 14.0 Å². The topological polar surface area (TPSA) is 68.5 Å². The van der Waals surface area contributed by atoms with Crippen molar-refractivity contribution in [3.8, 4) is 0 Å². The van der Waals surface area contributed by atoms with Crippen molar-refractivity contribution < 1.29 is 23.1 Å². The van der Waals surface area contributed by atoms with Gasteiger partial charge in [-0.25, -0.2) is 9.18 Å². The highest BCUT2D eigenvalue weighted by molar-refractivity contribution is 5.98. The second kappa shape index (κ2) is 7.65. The van der Waals surface area contributed by atoms with Crippen LogP contribution in [0.2, 0.25) is 0 Å². The summed E-state index contributed by atoms with van der Waals surface area (Å²) in [7, 11) is 0. The standard InChI is InChI=1S/C20H16FNO4/c1-13-17(11-12-25-13)20(24)26-18(14-5-3-2-4-6-14)19(23)22-16-9-7-15(21)8-10-16/h2-12,18H,1H3,(H,22,23)/t18-/m1/s1. The van der Waals surface area contributed by atoms with Crippen LogP contribution in [-0.2, 0) is 9.53 Å². The van der Waals surface area contributed by atoms with Gasteiger partial charge in [0.25, 0.3) is 5.91 Å². The van der Waals surface area contributed by atoms with Crippen LogP contribution in [0.15, 0.2) is 71.3 Å². The number of carbonyl (C=O) groups is 2. The maximum atomic E-state index is 13.0. The molecule has 1 aromatic heterocycles. The predicted molar refractivity (Wildman–Crippen MR) is 93.1 cm³/mol. The van der Waals surface area contributed by atoms with Gasteiger partial charge in [0.05, 0.1) is 6.26 Å². The number of hydrogen-bond acceptors (Lipinski definition) is 4. The zero-order valence-corrected chi connectivity index (χ0v) is 13.9. The van der Waals surface area contributed by atoms with Gasteiger partial charge in [0.2, 0.25) is 6.10 Å². The Balaban J connectivity index is 1.83. The van der Waals surface area contributed by atoms with Crippen molar-refractivity contribution in [3.63, 3.8) is 0 Å². The van der Waals surface area contributed by atoms with Crippen molar-refractivity contribution in [2.24, 2.45) is 0 Å². The molecule has 0 bridgehead atoms. The Hall–Kier alpha value is -3.41. The number of hydrogen-bond donors (Lipinski definition) is 1. The Bertz CT molecular complexity index is 903. The van der Waals surface area contributed by atoms with Gasteiger partial charge in [0.15, 0.2) is 0 Å². The predicted octanol–water partition coefficient (Wildman–Crippen LogP) is 4.26. The first-order valence-electron chi connectivity index (χ1n) is 7.91. The van der Waals surface area contributed by atoms with Gasteiger partial charge in [-0.3, -0.25) is 4.79 Å². The molecule has 3 rings (SSSR count). The first-order valence-corrected chi connectivity index (χ1v) is 7.91. The molecule has 1 N–H and O–H groups in total. The highest BCUT2D eigenvalue weighted by Crippen LogP contribution is 2.23. The molecule has 1 amide bonds. The van der Waals surface area contributed by atoms with Crippen LogP contribution in [-0.4, -0.2) is 11.9 Å². The van der Waals surface area contributed by atoms with E-state index in [0.29, 0.717) is 17.0 Å². The molecule has 3 aromatic rings. The van der Waals surface area contributed by atoms with Crippen molar-refractivity contribution in [1.82, 2.24) is 0 Å². The number of carbonyl (C=O) groups excluding carboxylic acids is 2. The van der Waals surface area contributed by atoms with E-state index >= 15 is 0 Å². The average molecular weight is 353 g/mol. The van der Waals surface area contributed by atoms with Gasteiger partial charge in [0, 0.05) is 11.3 Å². The molecule has 6 heteroatoms. The summed E-state index contributed by atoms with van der Waals surface area (Å²) in [6, 6.07) is 15.4. The molecule has 1 heterocycles. The Morgan fingerprint density at radius 2 is 1.73 bits per heavy atom. The zero-order valence-electron chi connectivity index (χ0n) is 13.9. The summed E-state index contributed by atoms with van der Waals surface area (Å²) in [4.78, 5) is 25.1. The summed E-state index contributed by atoms with van der Waals surface area (Å²) in [6.07, 6.45) is 0.213. The summed E-state index contributed by atoms with van der Waals surface area (Å²) in [5, 5.41) is 2.63. The fourth-order valence-corrected chi connectivity index (χ4v) is 2.41. The molecule has 1 atom stereocenters. The first kappa shape index (κ1) is 17.4. The Kier molecular flexibility index (Phi) is 5.12. The molecular formula is C20H16FNO4. The van der Waals surface area contributed by atoms with Gasteiger partial charge >= 0.3 is 5.97 Å². The van der Waals surface area contributed by atoms with Crippen molar-refractivity contribution in [1.29, 1.82) is 0 Å². The van der Waals surface area contributed by atoms with E-state index in [-0.39, 0.29) is 5.56 Å². The van der Waals surface area contributed by atoms with Crippen LogP contribution >= 0.6 is 0 Å². The summed E-state index contributed by atoms with van der Waals surface area (Å²) < 4.78 is 23.6. The fourth-order valence-electron chi connectivity index (χ4n) is 2.41. The lowest BCUT2D eigenvalue weighted by Crippen LogP contribution is -2.26. The summed E-state index contributed by atoms with van der Waals surface area (Å²) in [5.41, 5.74) is 1.16. The Morgan fingerprint density at radius 1 is 1.04 bits per heavy atom. The van der Waals surface area contributed by atoms with Crippen LogP contribution in [0.3, 0.4) is 0 Å². The van der Waals surface area contributed by atoms with E-state index in [1.54, 1.807) is 37.3 Å². The van der Waals surface area contributed by atoms with Gasteiger partial charge in [-0.15, -0.1) is 0 Å². The number of ether oxygens (including phenoxy) is 1. The van der Waals surface area contributed by atoms with Crippen molar-refractivity contribution >= 4 is 17.6 Å². The van der Waals surface area contributed by atoms with E-state index in [1.165, 1.54) is 36.6 Å². The average Bonchev–Trinajstić information content (AvgIpc) is 3.08. The van der Waals surface area contributed by atoms with Crippen molar-refractivity contribution in [3.05, 3.63) is 89.6 Å². The molecule has 5 nitrogen and oxygen atoms in total. The highest BCUT2D eigenvalue weighted by atomic mass is 19.1. The van der Waals surface area contributed by atoms with Crippen LogP contribution in [0.4, 0.5) is 10.1 Å². The molecule has 0 aliphatic carbocycles. The van der Waals surface area contributed by atoms with Gasteiger partial charge in [-0.2, -0.15) is 0 Å². The number of furan rings is 1. The van der Waals surface area contributed by atoms with Crippen LogP contribution in [0, 0.1) is 12.7 Å². The monoisotopic (exact) mass is 353 g/mol. The maximum absolute atomic E-state index is 13.0. The second-order valence-corrected chi connectivity index (χ2v) is 5.58. The second-order valence-electron chi connectivity index (χ2n) is 5.58. The molecule has 0 saturated heterocycles. The third-order valence-electron chi connectivity index (χ3n) is 3.76. The highest BCUT2D eigenvalue weighted by Gasteiger charge is 2.27. The number of aryl methyl sites for hydroxylation is 1. The van der Waals surface area contributed by atoms with E-state index in [2.05, 4.69) is 5.32 Å². The molecule has 0 spiro atoms. The van der Waals surface area contributed by atoms with Gasteiger partial charge in [-0.05, 0) is 37.3 Å². The zero-order chi connectivity index (χ0) is 18.5. The van der Waals surface area contributed by atoms with Crippen LogP contribution in [0.5, 0.6) is 0 Å². The first-order chi connectivity index (χ1) is 12.5. The van der Waals surface area contributed by atoms with E-state index < -0.39 is 23.8 Å². The molecule has 0 unspecified atom stereocenters. The smallest absolute Gasteiger partial charge is 0.342 e. The molecule has 0 radical (unpaired) electrons. The minimum Gasteiger partial charge on any atom is -0.469 e. The van der Waals surface area contributed by atoms with Crippen molar-refractivity contribution in [2.75, 3.05) is 5.32 Å². The molecule has 0 fully saturated rings. The molecule has 26 heavy (non-hydrogen) atoms. The van der Waals surface area contributed by atoms with Gasteiger partial charge in [0.1, 0.15) is 17.1 Å². The lowest BCUT2D eigenvalue weighted by Gasteiger charge is -2.18. The summed E-state index contributed by atoms with van der Waals surface area (Å²) >= 11 is 0. The number of nitrogens with one attached hydrogen (secondary N) is 1. The number of esters is 1. The number of benzene rings is 2. The lowest BCUT2D eigenvalue weighted by atomic mass is 10.1. The quantitative estimate of drug-likeness (QED) is 0.696. The van der Waals surface area contributed by atoms with Gasteiger partial charge in [-0.1, -0.05) is 30.3 Å².